The van der Waals surface area contributed by atoms with Gasteiger partial charge >= 0.3 is 11.9 Å². The van der Waals surface area contributed by atoms with Crippen LogP contribution in [0, 0.1) is 0 Å². The summed E-state index contributed by atoms with van der Waals surface area (Å²) in [6.45, 7) is 1.24. The zero-order chi connectivity index (χ0) is 20.4. The first-order valence-corrected chi connectivity index (χ1v) is 8.15. The lowest BCUT2D eigenvalue weighted by Crippen LogP contribution is -2.22. The first kappa shape index (κ1) is 18.8. The summed E-state index contributed by atoms with van der Waals surface area (Å²) in [5.41, 5.74) is 1.15. The molecule has 3 rings (SSSR count). The van der Waals surface area contributed by atoms with Crippen LogP contribution in [0.3, 0.4) is 0 Å². The Bertz CT molecular complexity index is 1090. The van der Waals surface area contributed by atoms with E-state index in [1.807, 2.05) is 0 Å². The number of esters is 1. The largest absolute Gasteiger partial charge is 0.504 e. The quantitative estimate of drug-likeness (QED) is 0.299. The van der Waals surface area contributed by atoms with Crippen molar-refractivity contribution in [3.05, 3.63) is 48.0 Å². The maximum absolute atomic E-state index is 11.7. The lowest BCUT2D eigenvalue weighted by atomic mass is 10.1. The van der Waals surface area contributed by atoms with Crippen LogP contribution in [0.1, 0.15) is 12.5 Å². The van der Waals surface area contributed by atoms with E-state index < -0.39 is 18.0 Å². The van der Waals surface area contributed by atoms with E-state index in [0.29, 0.717) is 22.3 Å². The number of ether oxygens (including phenoxy) is 1. The van der Waals surface area contributed by atoms with Crippen molar-refractivity contribution < 1.29 is 39.2 Å². The third kappa shape index (κ3) is 3.75. The van der Waals surface area contributed by atoms with E-state index in [4.69, 9.17) is 14.3 Å². The van der Waals surface area contributed by atoms with Crippen LogP contribution in [0.5, 0.6) is 17.2 Å². The molecule has 2 aromatic carbocycles. The summed E-state index contributed by atoms with van der Waals surface area (Å²) in [5.74, 6) is -2.49. The maximum Gasteiger partial charge on any atom is 0.344 e. The monoisotopic (exact) mass is 384 g/mol. The van der Waals surface area contributed by atoms with E-state index in [-0.39, 0.29) is 22.8 Å². The van der Waals surface area contributed by atoms with Crippen molar-refractivity contribution >= 4 is 29.0 Å². The molecule has 0 bridgehead atoms. The van der Waals surface area contributed by atoms with Gasteiger partial charge in [0.05, 0.1) is 0 Å². The minimum atomic E-state index is -1.28. The first-order chi connectivity index (χ1) is 13.3. The van der Waals surface area contributed by atoms with Crippen molar-refractivity contribution in [3.8, 4) is 28.6 Å². The molecule has 0 radical (unpaired) electrons. The van der Waals surface area contributed by atoms with Gasteiger partial charge in [0.15, 0.2) is 28.9 Å². The second-order valence-corrected chi connectivity index (χ2v) is 5.98. The minimum absolute atomic E-state index is 0.122. The van der Waals surface area contributed by atoms with Crippen LogP contribution < -0.4 is 0 Å². The number of aliphatic carboxylic acids is 1. The Balaban J connectivity index is 1.96. The fraction of sp³-hybridized carbons (Fsp3) is 0.100. The van der Waals surface area contributed by atoms with Crippen molar-refractivity contribution in [2.45, 2.75) is 13.0 Å². The number of phenolic OH excluding ortho intramolecular Hbond substituents is 3. The summed E-state index contributed by atoms with van der Waals surface area (Å²) in [4.78, 5) is 22.5. The third-order valence-electron chi connectivity index (χ3n) is 4.00. The standard InChI is InChI=1S/C20H16O8/c1-10(20(25)26)27-18(24)7-4-11-2-6-15(22)19-13(11)9-17(28-19)12-3-5-14(21)16(23)8-12/h2-10,21-23H,1H3,(H,25,26)/b7-4+. The molecule has 0 fully saturated rings. The minimum Gasteiger partial charge on any atom is -0.504 e. The van der Waals surface area contributed by atoms with Crippen LogP contribution >= 0.6 is 0 Å². The number of carbonyl (C=O) groups excluding carboxylic acids is 1. The predicted octanol–water partition coefficient (Wildman–Crippen LogP) is 3.25. The number of furan rings is 1. The summed E-state index contributed by atoms with van der Waals surface area (Å²) in [6.07, 6.45) is 1.20. The Morgan fingerprint density at radius 3 is 2.43 bits per heavy atom. The Morgan fingerprint density at radius 1 is 1.04 bits per heavy atom. The van der Waals surface area contributed by atoms with Gasteiger partial charge in [-0.3, -0.25) is 0 Å². The molecule has 0 aliphatic carbocycles. The third-order valence-corrected chi connectivity index (χ3v) is 4.00. The van der Waals surface area contributed by atoms with Gasteiger partial charge in [0, 0.05) is 17.0 Å². The van der Waals surface area contributed by atoms with E-state index in [1.165, 1.54) is 37.3 Å². The molecule has 0 spiro atoms. The molecular formula is C20H16O8. The highest BCUT2D eigenvalue weighted by Crippen LogP contribution is 2.37. The molecule has 28 heavy (non-hydrogen) atoms. The molecule has 1 unspecified atom stereocenters. The van der Waals surface area contributed by atoms with E-state index >= 15 is 0 Å². The Labute approximate surface area is 158 Å². The summed E-state index contributed by atoms with van der Waals surface area (Å²) in [5, 5.41) is 38.4. The number of hydrogen-bond acceptors (Lipinski definition) is 7. The van der Waals surface area contributed by atoms with Crippen LogP contribution in [0.4, 0.5) is 0 Å². The molecule has 0 aliphatic rings. The number of hydrogen-bond donors (Lipinski definition) is 4. The second kappa shape index (κ2) is 7.36. The molecule has 0 aliphatic heterocycles. The average molecular weight is 384 g/mol. The van der Waals surface area contributed by atoms with Crippen LogP contribution in [-0.2, 0) is 14.3 Å². The fourth-order valence-electron chi connectivity index (χ4n) is 2.52. The van der Waals surface area contributed by atoms with Gasteiger partial charge in [0.2, 0.25) is 0 Å². The van der Waals surface area contributed by atoms with Crippen LogP contribution in [0.15, 0.2) is 46.9 Å². The molecule has 3 aromatic rings. The highest BCUT2D eigenvalue weighted by atomic mass is 16.6. The smallest absolute Gasteiger partial charge is 0.344 e. The van der Waals surface area contributed by atoms with Gasteiger partial charge in [-0.05, 0) is 48.9 Å². The lowest BCUT2D eigenvalue weighted by Gasteiger charge is -2.05. The normalized spacial score (nSPS) is 12.3. The van der Waals surface area contributed by atoms with Crippen LogP contribution in [-0.4, -0.2) is 38.5 Å². The van der Waals surface area contributed by atoms with Crippen LogP contribution in [0.2, 0.25) is 0 Å². The molecule has 0 saturated carbocycles. The zero-order valence-electron chi connectivity index (χ0n) is 14.6. The highest BCUT2D eigenvalue weighted by Gasteiger charge is 2.16. The average Bonchev–Trinajstić information content (AvgIpc) is 3.09. The number of phenols is 3. The molecule has 4 N–H and O–H groups in total. The summed E-state index contributed by atoms with van der Waals surface area (Å²) in [7, 11) is 0. The van der Waals surface area contributed by atoms with Gasteiger partial charge in [-0.1, -0.05) is 6.07 Å². The van der Waals surface area contributed by atoms with E-state index in [2.05, 4.69) is 0 Å². The second-order valence-electron chi connectivity index (χ2n) is 5.98. The van der Waals surface area contributed by atoms with Gasteiger partial charge in [0.1, 0.15) is 5.76 Å². The van der Waals surface area contributed by atoms with Crippen molar-refractivity contribution in [2.24, 2.45) is 0 Å². The zero-order valence-corrected chi connectivity index (χ0v) is 14.6. The van der Waals surface area contributed by atoms with Crippen molar-refractivity contribution in [1.82, 2.24) is 0 Å². The highest BCUT2D eigenvalue weighted by molar-refractivity contribution is 5.97. The fourth-order valence-corrected chi connectivity index (χ4v) is 2.52. The lowest BCUT2D eigenvalue weighted by molar-refractivity contribution is -0.159. The predicted molar refractivity (Wildman–Crippen MR) is 98.9 cm³/mol. The van der Waals surface area contributed by atoms with Crippen molar-refractivity contribution in [3.63, 3.8) is 0 Å². The molecule has 0 amide bonds. The van der Waals surface area contributed by atoms with Gasteiger partial charge in [0.25, 0.3) is 0 Å². The summed E-state index contributed by atoms with van der Waals surface area (Å²) in [6, 6.07) is 8.68. The van der Waals surface area contributed by atoms with Gasteiger partial charge in [-0.2, -0.15) is 0 Å². The summed E-state index contributed by atoms with van der Waals surface area (Å²) >= 11 is 0. The van der Waals surface area contributed by atoms with Crippen molar-refractivity contribution in [1.29, 1.82) is 0 Å². The number of carboxylic acid groups (broad SMARTS) is 1. The maximum atomic E-state index is 11.7. The molecule has 1 atom stereocenters. The van der Waals surface area contributed by atoms with E-state index in [1.54, 1.807) is 12.1 Å². The van der Waals surface area contributed by atoms with Gasteiger partial charge < -0.3 is 29.6 Å². The topological polar surface area (TPSA) is 137 Å². The van der Waals surface area contributed by atoms with Crippen molar-refractivity contribution in [2.75, 3.05) is 0 Å². The number of rotatable bonds is 5. The number of aromatic hydroxyl groups is 3. The summed E-state index contributed by atoms with van der Waals surface area (Å²) < 4.78 is 10.4. The van der Waals surface area contributed by atoms with E-state index in [0.717, 1.165) is 6.08 Å². The Morgan fingerprint density at radius 2 is 1.75 bits per heavy atom. The van der Waals surface area contributed by atoms with Gasteiger partial charge in [-0.25, -0.2) is 9.59 Å². The molecule has 1 aromatic heterocycles. The Hall–Kier alpha value is -3.94. The molecule has 8 heteroatoms. The number of fused-ring (bicyclic) bond motifs is 1. The SMILES string of the molecule is CC(OC(=O)/C=C/c1ccc(O)c2oc(-c3ccc(O)c(O)c3)cc12)C(=O)O. The Kier molecular flexibility index (Phi) is 4.95. The first-order valence-electron chi connectivity index (χ1n) is 8.15. The molecular weight excluding hydrogens is 368 g/mol. The number of carbonyl (C=O) groups is 2. The molecule has 0 saturated heterocycles. The van der Waals surface area contributed by atoms with Crippen LogP contribution in [0.25, 0.3) is 28.4 Å². The molecule has 8 nitrogen and oxygen atoms in total. The molecule has 1 heterocycles. The van der Waals surface area contributed by atoms with Gasteiger partial charge in [-0.15, -0.1) is 0 Å². The van der Waals surface area contributed by atoms with E-state index in [9.17, 15) is 24.9 Å². The number of carboxylic acids is 1. The number of benzene rings is 2. The molecule has 144 valence electrons.